The number of rotatable bonds is 2. The van der Waals surface area contributed by atoms with Gasteiger partial charge in [0.2, 0.25) is 0 Å². The Morgan fingerprint density at radius 3 is 2.36 bits per heavy atom. The van der Waals surface area contributed by atoms with E-state index in [-0.39, 0.29) is 10.8 Å². The molecule has 1 heterocycles. The monoisotopic (exact) mass is 225 g/mol. The zero-order valence-corrected chi connectivity index (χ0v) is 8.49. The molecule has 0 aliphatic carbocycles. The molecule has 1 unspecified atom stereocenters. The fraction of sp³-hybridized carbons (Fsp3) is 0.625. The Morgan fingerprint density at radius 2 is 2.00 bits per heavy atom. The fourth-order valence-corrected chi connectivity index (χ4v) is 1.79. The smallest absolute Gasteiger partial charge is 0.379 e. The van der Waals surface area contributed by atoms with Crippen LogP contribution in [0.3, 0.4) is 0 Å². The molecule has 1 aromatic rings. The molecule has 0 amide bonds. The Hall–Kier alpha value is -0.620. The predicted octanol–water partition coefficient (Wildman–Crippen LogP) is 2.86. The lowest BCUT2D eigenvalue weighted by atomic mass is 10.2. The molecule has 2 nitrogen and oxygen atoms in total. The predicted molar refractivity (Wildman–Crippen MR) is 47.2 cm³/mol. The highest BCUT2D eigenvalue weighted by Gasteiger charge is 2.40. The summed E-state index contributed by atoms with van der Waals surface area (Å²) in [6.45, 7) is 3.67. The first kappa shape index (κ1) is 11.5. The first-order chi connectivity index (χ1) is 6.32. The van der Waals surface area contributed by atoms with Crippen LogP contribution in [0.1, 0.15) is 35.8 Å². The number of alkyl halides is 3. The van der Waals surface area contributed by atoms with Crippen LogP contribution in [0, 0.1) is 0 Å². The summed E-state index contributed by atoms with van der Waals surface area (Å²) >= 11 is 0.895. The normalized spacial score (nSPS) is 14.8. The summed E-state index contributed by atoms with van der Waals surface area (Å²) in [6.07, 6.45) is -5.94. The van der Waals surface area contributed by atoms with Gasteiger partial charge in [0.05, 0.1) is 9.88 Å². The van der Waals surface area contributed by atoms with E-state index in [1.165, 1.54) is 0 Å². The van der Waals surface area contributed by atoms with Crippen molar-refractivity contribution in [1.29, 1.82) is 0 Å². The second-order valence-corrected chi connectivity index (χ2v) is 4.29. The maximum absolute atomic E-state index is 12.1. The van der Waals surface area contributed by atoms with Crippen molar-refractivity contribution in [1.82, 2.24) is 4.98 Å². The van der Waals surface area contributed by atoms with Crippen molar-refractivity contribution in [2.45, 2.75) is 32.0 Å². The lowest BCUT2D eigenvalue weighted by molar-refractivity contribution is -0.205. The van der Waals surface area contributed by atoms with E-state index >= 15 is 0 Å². The third-order valence-corrected chi connectivity index (χ3v) is 2.97. The minimum Gasteiger partial charge on any atom is -0.379 e. The number of hydrogen-bond acceptors (Lipinski definition) is 3. The molecule has 80 valence electrons. The molecule has 0 fully saturated rings. The third kappa shape index (κ3) is 2.45. The second-order valence-electron chi connectivity index (χ2n) is 3.20. The van der Waals surface area contributed by atoms with Gasteiger partial charge in [0, 0.05) is 12.1 Å². The van der Waals surface area contributed by atoms with Gasteiger partial charge in [-0.25, -0.2) is 4.98 Å². The van der Waals surface area contributed by atoms with Crippen molar-refractivity contribution in [2.24, 2.45) is 0 Å². The number of thiazole rings is 1. The summed E-state index contributed by atoms with van der Waals surface area (Å²) in [6, 6.07) is 0. The van der Waals surface area contributed by atoms with Gasteiger partial charge in [-0.15, -0.1) is 11.3 Å². The van der Waals surface area contributed by atoms with Crippen LogP contribution < -0.4 is 0 Å². The first-order valence-corrected chi connectivity index (χ1v) is 4.84. The molecular formula is C8H10F3NOS. The minimum absolute atomic E-state index is 0.0779. The van der Waals surface area contributed by atoms with Crippen LogP contribution in [0.2, 0.25) is 0 Å². The Bertz CT molecular complexity index is 308. The van der Waals surface area contributed by atoms with Gasteiger partial charge in [-0.05, 0) is 0 Å². The summed E-state index contributed by atoms with van der Waals surface area (Å²) < 4.78 is 36.2. The molecule has 0 saturated heterocycles. The molecule has 0 aliphatic heterocycles. The van der Waals surface area contributed by atoms with Gasteiger partial charge in [0.25, 0.3) is 0 Å². The SMILES string of the molecule is CC(C)c1ncc(C(O)C(F)(F)F)s1. The zero-order chi connectivity index (χ0) is 10.9. The Kier molecular flexibility index (Phi) is 3.16. The van der Waals surface area contributed by atoms with Crippen molar-refractivity contribution in [3.05, 3.63) is 16.1 Å². The molecule has 1 N–H and O–H groups in total. The minimum atomic E-state index is -4.61. The number of halogens is 3. The standard InChI is InChI=1S/C8H10F3NOS/c1-4(2)7-12-3-5(14-7)6(13)8(9,10)11/h3-4,6,13H,1-2H3. The van der Waals surface area contributed by atoms with E-state index in [4.69, 9.17) is 5.11 Å². The Labute approximate surface area is 83.4 Å². The largest absolute Gasteiger partial charge is 0.419 e. The fourth-order valence-electron chi connectivity index (χ4n) is 0.855. The molecule has 14 heavy (non-hydrogen) atoms. The maximum Gasteiger partial charge on any atom is 0.419 e. The highest BCUT2D eigenvalue weighted by molar-refractivity contribution is 7.11. The number of aromatic nitrogens is 1. The van der Waals surface area contributed by atoms with Crippen LogP contribution in [0.25, 0.3) is 0 Å². The van der Waals surface area contributed by atoms with Gasteiger partial charge in [0.15, 0.2) is 6.10 Å². The lowest BCUT2D eigenvalue weighted by Gasteiger charge is -2.11. The molecule has 6 heteroatoms. The van der Waals surface area contributed by atoms with Gasteiger partial charge in [-0.3, -0.25) is 0 Å². The maximum atomic E-state index is 12.1. The Balaban J connectivity index is 2.87. The van der Waals surface area contributed by atoms with Crippen LogP contribution in [0.15, 0.2) is 6.20 Å². The summed E-state index contributed by atoms with van der Waals surface area (Å²) in [4.78, 5) is 3.66. The van der Waals surface area contributed by atoms with E-state index in [0.717, 1.165) is 17.5 Å². The molecule has 0 saturated carbocycles. The first-order valence-electron chi connectivity index (χ1n) is 4.02. The van der Waals surface area contributed by atoms with Gasteiger partial charge >= 0.3 is 6.18 Å². The van der Waals surface area contributed by atoms with Gasteiger partial charge in [-0.2, -0.15) is 13.2 Å². The summed E-state index contributed by atoms with van der Waals surface area (Å²) in [5.74, 6) is 0.0779. The number of aliphatic hydroxyl groups is 1. The summed E-state index contributed by atoms with van der Waals surface area (Å²) in [5, 5.41) is 9.50. The highest BCUT2D eigenvalue weighted by atomic mass is 32.1. The third-order valence-electron chi connectivity index (χ3n) is 1.61. The number of aliphatic hydroxyl groups excluding tert-OH is 1. The molecular weight excluding hydrogens is 215 g/mol. The van der Waals surface area contributed by atoms with Crippen LogP contribution in [0.4, 0.5) is 13.2 Å². The van der Waals surface area contributed by atoms with Crippen LogP contribution in [-0.2, 0) is 0 Å². The molecule has 0 bridgehead atoms. The van der Waals surface area contributed by atoms with Crippen molar-refractivity contribution in [3.63, 3.8) is 0 Å². The van der Waals surface area contributed by atoms with Crippen molar-refractivity contribution < 1.29 is 18.3 Å². The van der Waals surface area contributed by atoms with Crippen molar-refractivity contribution >= 4 is 11.3 Å². The topological polar surface area (TPSA) is 33.1 Å². The summed E-state index contributed by atoms with van der Waals surface area (Å²) in [7, 11) is 0. The van der Waals surface area contributed by atoms with Gasteiger partial charge in [0.1, 0.15) is 0 Å². The molecule has 1 atom stereocenters. The molecule has 0 aliphatic rings. The zero-order valence-electron chi connectivity index (χ0n) is 7.67. The lowest BCUT2D eigenvalue weighted by Crippen LogP contribution is -2.19. The van der Waals surface area contributed by atoms with E-state index < -0.39 is 12.3 Å². The van der Waals surface area contributed by atoms with Crippen LogP contribution in [-0.4, -0.2) is 16.3 Å². The van der Waals surface area contributed by atoms with Gasteiger partial charge < -0.3 is 5.11 Å². The van der Waals surface area contributed by atoms with E-state index in [0.29, 0.717) is 5.01 Å². The van der Waals surface area contributed by atoms with E-state index in [9.17, 15) is 13.2 Å². The molecule has 1 aromatic heterocycles. The van der Waals surface area contributed by atoms with Crippen LogP contribution in [0.5, 0.6) is 0 Å². The molecule has 1 rings (SSSR count). The average molecular weight is 225 g/mol. The van der Waals surface area contributed by atoms with E-state index in [1.807, 2.05) is 13.8 Å². The second kappa shape index (κ2) is 3.86. The molecule has 0 radical (unpaired) electrons. The number of nitrogens with zero attached hydrogens (tertiary/aromatic N) is 1. The summed E-state index contributed by atoms with van der Waals surface area (Å²) in [5.41, 5.74) is 0. The van der Waals surface area contributed by atoms with E-state index in [1.54, 1.807) is 0 Å². The van der Waals surface area contributed by atoms with Crippen molar-refractivity contribution in [2.75, 3.05) is 0 Å². The number of hydrogen-bond donors (Lipinski definition) is 1. The average Bonchev–Trinajstić information content (AvgIpc) is 2.48. The highest BCUT2D eigenvalue weighted by Crippen LogP contribution is 2.36. The molecule has 0 spiro atoms. The van der Waals surface area contributed by atoms with Crippen LogP contribution >= 0.6 is 11.3 Å². The quantitative estimate of drug-likeness (QED) is 0.839. The van der Waals surface area contributed by atoms with E-state index in [2.05, 4.69) is 4.98 Å². The van der Waals surface area contributed by atoms with Gasteiger partial charge in [-0.1, -0.05) is 13.8 Å². The van der Waals surface area contributed by atoms with Crippen molar-refractivity contribution in [3.8, 4) is 0 Å². The molecule has 0 aromatic carbocycles. The Morgan fingerprint density at radius 1 is 1.43 bits per heavy atom.